The minimum Gasteiger partial charge on any atom is -0.493 e. The summed E-state index contributed by atoms with van der Waals surface area (Å²) in [4.78, 5) is 29.2. The molecule has 0 unspecified atom stereocenters. The molecular weight excluding hydrogens is 486 g/mol. The normalized spacial score (nSPS) is 11.8. The number of ether oxygens (including phenoxy) is 2. The molecule has 3 aromatic rings. The van der Waals surface area contributed by atoms with Gasteiger partial charge in [0.25, 0.3) is 5.56 Å². The van der Waals surface area contributed by atoms with Crippen molar-refractivity contribution in [1.82, 2.24) is 9.66 Å². The van der Waals surface area contributed by atoms with Crippen molar-refractivity contribution in [3.63, 3.8) is 0 Å². The smallest absolute Gasteiger partial charge is 0.308 e. The van der Waals surface area contributed by atoms with Crippen molar-refractivity contribution in [2.45, 2.75) is 33.1 Å². The van der Waals surface area contributed by atoms with Crippen LogP contribution in [0.2, 0.25) is 5.02 Å². The van der Waals surface area contributed by atoms with E-state index >= 15 is 0 Å². The fourth-order valence-electron chi connectivity index (χ4n) is 2.92. The Morgan fingerprint density at radius 3 is 2.58 bits per heavy atom. The largest absolute Gasteiger partial charge is 0.493 e. The maximum absolute atomic E-state index is 13.2. The lowest BCUT2D eigenvalue weighted by Gasteiger charge is -2.21. The third-order valence-electron chi connectivity index (χ3n) is 4.30. The summed E-state index contributed by atoms with van der Waals surface area (Å²) < 4.78 is 12.5. The summed E-state index contributed by atoms with van der Waals surface area (Å²) in [6.45, 7) is 7.15. The Bertz CT molecular complexity index is 1260. The van der Waals surface area contributed by atoms with Gasteiger partial charge in [0.05, 0.1) is 29.2 Å². The van der Waals surface area contributed by atoms with Crippen molar-refractivity contribution in [1.29, 1.82) is 0 Å². The average Bonchev–Trinajstić information content (AvgIpc) is 2.68. The van der Waals surface area contributed by atoms with E-state index in [0.717, 1.165) is 4.47 Å². The van der Waals surface area contributed by atoms with E-state index < -0.39 is 11.4 Å². The lowest BCUT2D eigenvalue weighted by molar-refractivity contribution is -0.132. The van der Waals surface area contributed by atoms with Gasteiger partial charge in [0.15, 0.2) is 11.5 Å². The average molecular weight is 507 g/mol. The number of carbonyl (C=O) groups is 1. The first-order valence-corrected chi connectivity index (χ1v) is 10.5. The van der Waals surface area contributed by atoms with Crippen LogP contribution in [0.1, 0.15) is 39.1 Å². The first-order chi connectivity index (χ1) is 14.5. The summed E-state index contributed by atoms with van der Waals surface area (Å²) in [6, 6.07) is 8.53. The van der Waals surface area contributed by atoms with Gasteiger partial charge in [-0.1, -0.05) is 48.3 Å². The van der Waals surface area contributed by atoms with E-state index in [0.29, 0.717) is 22.3 Å². The van der Waals surface area contributed by atoms with Crippen molar-refractivity contribution < 1.29 is 14.3 Å². The van der Waals surface area contributed by atoms with Crippen LogP contribution in [-0.2, 0) is 10.2 Å². The highest BCUT2D eigenvalue weighted by Gasteiger charge is 2.23. The molecule has 0 aliphatic carbocycles. The maximum atomic E-state index is 13.2. The van der Waals surface area contributed by atoms with Crippen LogP contribution in [0, 0.1) is 0 Å². The minimum atomic E-state index is -0.517. The molecule has 9 heteroatoms. The second-order valence-electron chi connectivity index (χ2n) is 7.84. The van der Waals surface area contributed by atoms with Crippen LogP contribution in [0.4, 0.5) is 0 Å². The molecule has 0 N–H and O–H groups in total. The third kappa shape index (κ3) is 4.97. The van der Waals surface area contributed by atoms with Crippen molar-refractivity contribution in [3.8, 4) is 11.5 Å². The van der Waals surface area contributed by atoms with Gasteiger partial charge in [-0.25, -0.2) is 4.98 Å². The zero-order valence-electron chi connectivity index (χ0n) is 17.7. The fourth-order valence-corrected chi connectivity index (χ4v) is 3.54. The Balaban J connectivity index is 2.17. The van der Waals surface area contributed by atoms with Crippen molar-refractivity contribution in [3.05, 3.63) is 61.6 Å². The molecule has 0 radical (unpaired) electrons. The molecule has 3 rings (SSSR count). The van der Waals surface area contributed by atoms with Gasteiger partial charge in [-0.2, -0.15) is 9.78 Å². The molecule has 0 saturated carbocycles. The molecule has 1 aromatic heterocycles. The quantitative estimate of drug-likeness (QED) is 0.285. The van der Waals surface area contributed by atoms with Gasteiger partial charge in [0.1, 0.15) is 5.82 Å². The molecule has 0 spiro atoms. The molecule has 7 nitrogen and oxygen atoms in total. The molecular formula is C22H21BrClN3O4. The summed E-state index contributed by atoms with van der Waals surface area (Å²) in [6.07, 6.45) is 1.48. The number of fused-ring (bicyclic) bond motifs is 1. The van der Waals surface area contributed by atoms with Crippen molar-refractivity contribution >= 4 is 50.6 Å². The van der Waals surface area contributed by atoms with E-state index in [1.165, 1.54) is 24.9 Å². The Labute approximate surface area is 192 Å². The van der Waals surface area contributed by atoms with E-state index in [9.17, 15) is 9.59 Å². The molecule has 0 aliphatic heterocycles. The van der Waals surface area contributed by atoms with E-state index in [1.807, 2.05) is 26.8 Å². The molecule has 0 saturated heterocycles. The first-order valence-electron chi connectivity index (χ1n) is 9.34. The van der Waals surface area contributed by atoms with Crippen LogP contribution >= 0.6 is 27.5 Å². The Morgan fingerprint density at radius 2 is 1.97 bits per heavy atom. The second-order valence-corrected chi connectivity index (χ2v) is 9.16. The highest BCUT2D eigenvalue weighted by molar-refractivity contribution is 9.10. The standard InChI is InChI=1S/C22H21BrClN3O4/c1-12(28)31-19-16(24)8-13(9-18(19)30-5)11-25-27-20(29)15-10-14(23)6-7-17(15)26-21(27)22(2,3)4/h6-11H,1-5H3. The molecule has 31 heavy (non-hydrogen) atoms. The predicted octanol–water partition coefficient (Wildman–Crippen LogP) is 4.93. The van der Waals surface area contributed by atoms with E-state index in [4.69, 9.17) is 21.1 Å². The number of halogens is 2. The van der Waals surface area contributed by atoms with Crippen LogP contribution in [-0.4, -0.2) is 29.0 Å². The molecule has 162 valence electrons. The number of methoxy groups -OCH3 is 1. The SMILES string of the molecule is COc1cc(C=Nn2c(C(C)(C)C)nc3ccc(Br)cc3c2=O)cc(Cl)c1OC(C)=O. The number of nitrogens with zero attached hydrogens (tertiary/aromatic N) is 3. The summed E-state index contributed by atoms with van der Waals surface area (Å²) in [5.74, 6) is 0.390. The predicted molar refractivity (Wildman–Crippen MR) is 125 cm³/mol. The second kappa shape index (κ2) is 8.80. The number of hydrogen-bond acceptors (Lipinski definition) is 6. The van der Waals surface area contributed by atoms with Gasteiger partial charge in [0.2, 0.25) is 0 Å². The number of aromatic nitrogens is 2. The molecule has 0 fully saturated rings. The minimum absolute atomic E-state index is 0.124. The summed E-state index contributed by atoms with van der Waals surface area (Å²) in [7, 11) is 1.44. The summed E-state index contributed by atoms with van der Waals surface area (Å²) in [5, 5.41) is 5.03. The van der Waals surface area contributed by atoms with Crippen LogP contribution in [0.3, 0.4) is 0 Å². The van der Waals surface area contributed by atoms with E-state index in [-0.39, 0.29) is 22.1 Å². The zero-order chi connectivity index (χ0) is 22.9. The molecule has 2 aromatic carbocycles. The maximum Gasteiger partial charge on any atom is 0.308 e. The topological polar surface area (TPSA) is 82.8 Å². The van der Waals surface area contributed by atoms with Gasteiger partial charge >= 0.3 is 5.97 Å². The third-order valence-corrected chi connectivity index (χ3v) is 5.07. The van der Waals surface area contributed by atoms with E-state index in [1.54, 1.807) is 24.3 Å². The first kappa shape index (κ1) is 23.0. The number of benzene rings is 2. The Morgan fingerprint density at radius 1 is 1.26 bits per heavy atom. The highest BCUT2D eigenvalue weighted by Crippen LogP contribution is 2.36. The summed E-state index contributed by atoms with van der Waals surface area (Å²) >= 11 is 9.66. The lowest BCUT2D eigenvalue weighted by atomic mass is 9.95. The zero-order valence-corrected chi connectivity index (χ0v) is 20.0. The van der Waals surface area contributed by atoms with Gasteiger partial charge in [-0.15, -0.1) is 0 Å². The van der Waals surface area contributed by atoms with Gasteiger partial charge in [-0.3, -0.25) is 9.59 Å². The number of esters is 1. The number of hydrogen-bond donors (Lipinski definition) is 0. The van der Waals surface area contributed by atoms with Crippen LogP contribution in [0.25, 0.3) is 10.9 Å². The van der Waals surface area contributed by atoms with Crippen LogP contribution in [0.5, 0.6) is 11.5 Å². The van der Waals surface area contributed by atoms with Gasteiger partial charge < -0.3 is 9.47 Å². The molecule has 0 atom stereocenters. The van der Waals surface area contributed by atoms with Crippen molar-refractivity contribution in [2.75, 3.05) is 7.11 Å². The fraction of sp³-hybridized carbons (Fsp3) is 0.273. The number of rotatable bonds is 4. The number of carbonyl (C=O) groups excluding carboxylic acids is 1. The highest BCUT2D eigenvalue weighted by atomic mass is 79.9. The Hall–Kier alpha value is -2.71. The van der Waals surface area contributed by atoms with E-state index in [2.05, 4.69) is 26.0 Å². The molecule has 0 amide bonds. The summed E-state index contributed by atoms with van der Waals surface area (Å²) in [5.41, 5.74) is 0.424. The lowest BCUT2D eigenvalue weighted by Crippen LogP contribution is -2.29. The molecule has 1 heterocycles. The Kier molecular flexibility index (Phi) is 6.52. The van der Waals surface area contributed by atoms with Crippen molar-refractivity contribution in [2.24, 2.45) is 5.10 Å². The molecule has 0 aliphatic rings. The van der Waals surface area contributed by atoms with Gasteiger partial charge in [0, 0.05) is 16.8 Å². The van der Waals surface area contributed by atoms with Crippen LogP contribution < -0.4 is 15.0 Å². The molecule has 0 bridgehead atoms. The monoisotopic (exact) mass is 505 g/mol. The van der Waals surface area contributed by atoms with Crippen LogP contribution in [0.15, 0.2) is 44.7 Å². The van der Waals surface area contributed by atoms with Gasteiger partial charge in [-0.05, 0) is 35.9 Å².